The standard InChI is InChI=1S/C18H36O2.C3H6O4.Na/c1-2-3-4-5-6-7-8-9-10-11-12-13-14-15-16-17-18(19)20;4-1-2(5)3(6)7;/h2-17H2,1H3,(H,19,20);2,4-5H,1H2,(H,6,7);/q;;+1/p-1. The molecule has 0 fully saturated rings. The smallest absolute Gasteiger partial charge is 0.547 e. The zero-order valence-corrected chi connectivity index (χ0v) is 20.2. The van der Waals surface area contributed by atoms with Crippen molar-refractivity contribution in [3.63, 3.8) is 0 Å². The Morgan fingerprint density at radius 2 is 1.07 bits per heavy atom. The van der Waals surface area contributed by atoms with Crippen LogP contribution >= 0.6 is 0 Å². The molecule has 3 N–H and O–H groups in total. The van der Waals surface area contributed by atoms with Gasteiger partial charge in [-0.25, -0.2) is 0 Å². The van der Waals surface area contributed by atoms with Crippen LogP contribution in [-0.2, 0) is 9.59 Å². The summed E-state index contributed by atoms with van der Waals surface area (Å²) in [6.07, 6.45) is 18.5. The van der Waals surface area contributed by atoms with Crippen molar-refractivity contribution >= 4 is 11.9 Å². The number of hydrogen-bond acceptors (Lipinski definition) is 5. The van der Waals surface area contributed by atoms with E-state index in [2.05, 4.69) is 6.92 Å². The summed E-state index contributed by atoms with van der Waals surface area (Å²) in [5.74, 6) is -2.30. The predicted octanol–water partition coefficient (Wildman–Crippen LogP) is 0.426. The maximum atomic E-state index is 10.3. The van der Waals surface area contributed by atoms with Crippen molar-refractivity contribution in [3.05, 3.63) is 0 Å². The number of carbonyl (C=O) groups is 2. The van der Waals surface area contributed by atoms with Crippen molar-refractivity contribution in [1.29, 1.82) is 0 Å². The molecule has 0 spiro atoms. The van der Waals surface area contributed by atoms with E-state index in [1.165, 1.54) is 83.5 Å². The first-order valence-electron chi connectivity index (χ1n) is 10.7. The Bertz CT molecular complexity index is 339. The summed E-state index contributed by atoms with van der Waals surface area (Å²) in [6, 6.07) is 0. The summed E-state index contributed by atoms with van der Waals surface area (Å²) in [4.78, 5) is 19.7. The first-order valence-corrected chi connectivity index (χ1v) is 10.7. The molecule has 1 atom stereocenters. The second-order valence-corrected chi connectivity index (χ2v) is 7.11. The Hall–Kier alpha value is -0.140. The Morgan fingerprint density at radius 1 is 0.750 bits per heavy atom. The monoisotopic (exact) mass is 412 g/mol. The number of carboxylic acid groups (broad SMARTS) is 2. The van der Waals surface area contributed by atoms with Gasteiger partial charge in [0.1, 0.15) is 6.10 Å². The Balaban J connectivity index is -0.000000665. The molecular formula is C21H41NaO6. The molecule has 0 radical (unpaired) electrons. The van der Waals surface area contributed by atoms with Crippen LogP contribution in [0, 0.1) is 0 Å². The fourth-order valence-electron chi connectivity index (χ4n) is 2.72. The normalized spacial score (nSPS) is 11.1. The van der Waals surface area contributed by atoms with Gasteiger partial charge in [0.15, 0.2) is 0 Å². The van der Waals surface area contributed by atoms with Gasteiger partial charge in [0.2, 0.25) is 0 Å². The van der Waals surface area contributed by atoms with Crippen LogP contribution in [0.3, 0.4) is 0 Å². The average molecular weight is 413 g/mol. The number of rotatable bonds is 18. The van der Waals surface area contributed by atoms with E-state index in [0.717, 1.165) is 12.8 Å². The van der Waals surface area contributed by atoms with Gasteiger partial charge in [-0.2, -0.15) is 0 Å². The number of aliphatic hydroxyl groups excluding tert-OH is 2. The molecule has 0 amide bonds. The van der Waals surface area contributed by atoms with E-state index in [0.29, 0.717) is 6.42 Å². The number of carbonyl (C=O) groups excluding carboxylic acids is 1. The first-order chi connectivity index (χ1) is 13.0. The summed E-state index contributed by atoms with van der Waals surface area (Å²) in [5, 5.41) is 33.8. The van der Waals surface area contributed by atoms with E-state index in [4.69, 9.17) is 15.3 Å². The molecule has 0 heterocycles. The number of aliphatic carboxylic acids is 2. The zero-order chi connectivity index (χ0) is 20.8. The summed E-state index contributed by atoms with van der Waals surface area (Å²) < 4.78 is 0. The molecule has 0 bridgehead atoms. The molecule has 0 aromatic heterocycles. The van der Waals surface area contributed by atoms with E-state index < -0.39 is 24.6 Å². The number of unbranched alkanes of at least 4 members (excludes halogenated alkanes) is 14. The first kappa shape index (κ1) is 32.5. The van der Waals surface area contributed by atoms with Crippen LogP contribution in [0.5, 0.6) is 0 Å². The molecule has 1 unspecified atom stereocenters. The van der Waals surface area contributed by atoms with Crippen molar-refractivity contribution in [2.24, 2.45) is 0 Å². The van der Waals surface area contributed by atoms with Gasteiger partial charge in [0, 0.05) is 6.42 Å². The number of hydrogen-bond donors (Lipinski definition) is 3. The number of aliphatic hydroxyl groups is 2. The maximum absolute atomic E-state index is 10.3. The fraction of sp³-hybridized carbons (Fsp3) is 0.905. The molecule has 0 aliphatic heterocycles. The summed E-state index contributed by atoms with van der Waals surface area (Å²) in [5.41, 5.74) is 0. The van der Waals surface area contributed by atoms with E-state index in [9.17, 15) is 14.7 Å². The van der Waals surface area contributed by atoms with E-state index in [1.807, 2.05) is 0 Å². The van der Waals surface area contributed by atoms with Crippen molar-refractivity contribution < 1.29 is 59.6 Å². The van der Waals surface area contributed by atoms with Crippen molar-refractivity contribution in [2.75, 3.05) is 6.61 Å². The van der Waals surface area contributed by atoms with Gasteiger partial charge in [0.05, 0.1) is 12.6 Å². The van der Waals surface area contributed by atoms with Gasteiger partial charge in [-0.3, -0.25) is 4.79 Å². The van der Waals surface area contributed by atoms with Gasteiger partial charge in [-0.1, -0.05) is 96.8 Å². The second-order valence-electron chi connectivity index (χ2n) is 7.11. The molecule has 0 aliphatic rings. The van der Waals surface area contributed by atoms with Gasteiger partial charge < -0.3 is 25.2 Å². The third-order valence-electron chi connectivity index (χ3n) is 4.44. The molecule has 162 valence electrons. The summed E-state index contributed by atoms with van der Waals surface area (Å²) in [7, 11) is 0. The minimum atomic E-state index is -1.74. The van der Waals surface area contributed by atoms with Crippen LogP contribution in [0.15, 0.2) is 0 Å². The molecular weight excluding hydrogens is 371 g/mol. The molecule has 0 saturated heterocycles. The Kier molecular flexibility index (Phi) is 31.2. The van der Waals surface area contributed by atoms with Crippen molar-refractivity contribution in [3.8, 4) is 0 Å². The SMILES string of the molecule is CCCCCCCCCCCCCCCCCC(=O)O.O=C([O-])C(O)CO.[Na+]. The van der Waals surface area contributed by atoms with E-state index in [-0.39, 0.29) is 29.6 Å². The zero-order valence-electron chi connectivity index (χ0n) is 18.2. The van der Waals surface area contributed by atoms with E-state index in [1.54, 1.807) is 0 Å². The van der Waals surface area contributed by atoms with Crippen LogP contribution in [-0.4, -0.2) is 40.0 Å². The van der Waals surface area contributed by atoms with Crippen LogP contribution < -0.4 is 34.7 Å². The minimum absolute atomic E-state index is 0. The Morgan fingerprint density at radius 3 is 1.29 bits per heavy atom. The largest absolute Gasteiger partial charge is 1.00 e. The van der Waals surface area contributed by atoms with Crippen LogP contribution in [0.2, 0.25) is 0 Å². The van der Waals surface area contributed by atoms with Gasteiger partial charge >= 0.3 is 35.5 Å². The average Bonchev–Trinajstić information content (AvgIpc) is 2.64. The summed E-state index contributed by atoms with van der Waals surface area (Å²) >= 11 is 0. The third-order valence-corrected chi connectivity index (χ3v) is 4.44. The predicted molar refractivity (Wildman–Crippen MR) is 105 cm³/mol. The Labute approximate surface area is 193 Å². The molecule has 0 saturated carbocycles. The molecule has 0 rings (SSSR count). The van der Waals surface area contributed by atoms with Gasteiger partial charge in [-0.05, 0) is 6.42 Å². The molecule has 7 heteroatoms. The maximum Gasteiger partial charge on any atom is 1.00 e. The third kappa shape index (κ3) is 30.6. The second kappa shape index (κ2) is 26.9. The minimum Gasteiger partial charge on any atom is -0.547 e. The van der Waals surface area contributed by atoms with Crippen molar-refractivity contribution in [2.45, 2.75) is 116 Å². The summed E-state index contributed by atoms with van der Waals surface area (Å²) in [6.45, 7) is 1.48. The molecule has 0 aromatic carbocycles. The molecule has 28 heavy (non-hydrogen) atoms. The topological polar surface area (TPSA) is 118 Å². The van der Waals surface area contributed by atoms with Crippen LogP contribution in [0.4, 0.5) is 0 Å². The number of carboxylic acids is 2. The van der Waals surface area contributed by atoms with Gasteiger partial charge in [-0.15, -0.1) is 0 Å². The fourth-order valence-corrected chi connectivity index (χ4v) is 2.72. The van der Waals surface area contributed by atoms with Crippen LogP contribution in [0.25, 0.3) is 0 Å². The van der Waals surface area contributed by atoms with Gasteiger partial charge in [0.25, 0.3) is 0 Å². The van der Waals surface area contributed by atoms with Crippen molar-refractivity contribution in [1.82, 2.24) is 0 Å². The quantitative estimate of drug-likeness (QED) is 0.222. The molecule has 0 aliphatic carbocycles. The molecule has 6 nitrogen and oxygen atoms in total. The van der Waals surface area contributed by atoms with E-state index >= 15 is 0 Å². The van der Waals surface area contributed by atoms with Crippen LogP contribution in [0.1, 0.15) is 110 Å². The molecule has 0 aromatic rings.